The Morgan fingerprint density at radius 1 is 1.50 bits per heavy atom. The minimum atomic E-state index is -0.152. The fourth-order valence-electron chi connectivity index (χ4n) is 2.79. The third-order valence-electron chi connectivity index (χ3n) is 3.87. The number of carbonyl (C=O) groups excluding carboxylic acids is 1. The van der Waals surface area contributed by atoms with Crippen molar-refractivity contribution in [3.63, 3.8) is 0 Å². The summed E-state index contributed by atoms with van der Waals surface area (Å²) in [6.45, 7) is 3.79. The average molecular weight is 337 g/mol. The van der Waals surface area contributed by atoms with E-state index in [1.807, 2.05) is 12.1 Å². The van der Waals surface area contributed by atoms with E-state index in [9.17, 15) is 4.79 Å². The van der Waals surface area contributed by atoms with E-state index in [0.717, 1.165) is 60.8 Å². The van der Waals surface area contributed by atoms with Crippen molar-refractivity contribution in [1.29, 1.82) is 5.41 Å². The standard InChI is InChI=1S/C16H21BrN2O/c1-2-3-14(18)7-9-19-8-6-12-10-13(17)4-5-15(12)16(19)11-20/h4-5,10-11,16,18H,2-3,6-9H2,1H3. The molecule has 0 bridgehead atoms. The maximum absolute atomic E-state index is 11.5. The van der Waals surface area contributed by atoms with Gasteiger partial charge in [0.1, 0.15) is 6.29 Å². The first-order chi connectivity index (χ1) is 9.65. The second-order valence-corrected chi connectivity index (χ2v) is 6.23. The molecule has 4 heteroatoms. The molecule has 1 unspecified atom stereocenters. The molecule has 0 aromatic heterocycles. The van der Waals surface area contributed by atoms with Gasteiger partial charge in [-0.1, -0.05) is 35.3 Å². The van der Waals surface area contributed by atoms with Crippen molar-refractivity contribution >= 4 is 27.9 Å². The van der Waals surface area contributed by atoms with Gasteiger partial charge in [0.15, 0.2) is 0 Å². The molecule has 3 nitrogen and oxygen atoms in total. The number of fused-ring (bicyclic) bond motifs is 1. The van der Waals surface area contributed by atoms with Gasteiger partial charge in [0.25, 0.3) is 0 Å². The quantitative estimate of drug-likeness (QED) is 0.635. The second kappa shape index (κ2) is 7.14. The van der Waals surface area contributed by atoms with E-state index < -0.39 is 0 Å². The lowest BCUT2D eigenvalue weighted by molar-refractivity contribution is -0.112. The number of hydrogen-bond donors (Lipinski definition) is 1. The molecule has 1 aromatic carbocycles. The number of halogens is 1. The van der Waals surface area contributed by atoms with Gasteiger partial charge >= 0.3 is 0 Å². The van der Waals surface area contributed by atoms with E-state index in [2.05, 4.69) is 33.8 Å². The van der Waals surface area contributed by atoms with E-state index in [1.165, 1.54) is 5.56 Å². The molecule has 0 fully saturated rings. The van der Waals surface area contributed by atoms with Crippen LogP contribution in [-0.4, -0.2) is 30.0 Å². The summed E-state index contributed by atoms with van der Waals surface area (Å²) in [6.07, 6.45) is 4.66. The summed E-state index contributed by atoms with van der Waals surface area (Å²) in [5, 5.41) is 7.88. The highest BCUT2D eigenvalue weighted by Gasteiger charge is 2.26. The lowest BCUT2D eigenvalue weighted by Crippen LogP contribution is -2.37. The first-order valence-electron chi connectivity index (χ1n) is 7.19. The highest BCUT2D eigenvalue weighted by atomic mass is 79.9. The van der Waals surface area contributed by atoms with Gasteiger partial charge in [-0.25, -0.2) is 0 Å². The second-order valence-electron chi connectivity index (χ2n) is 5.31. The zero-order valence-electron chi connectivity index (χ0n) is 11.9. The van der Waals surface area contributed by atoms with E-state index in [1.54, 1.807) is 0 Å². The highest BCUT2D eigenvalue weighted by Crippen LogP contribution is 2.30. The number of rotatable bonds is 6. The molecule has 2 rings (SSSR count). The summed E-state index contributed by atoms with van der Waals surface area (Å²) in [5.74, 6) is 0. The predicted molar refractivity (Wildman–Crippen MR) is 85.5 cm³/mol. The van der Waals surface area contributed by atoms with E-state index >= 15 is 0 Å². The Balaban J connectivity index is 2.07. The molecule has 0 saturated carbocycles. The maximum Gasteiger partial charge on any atom is 0.141 e. The molecule has 1 aliphatic rings. The van der Waals surface area contributed by atoms with Crippen LogP contribution in [0.3, 0.4) is 0 Å². The van der Waals surface area contributed by atoms with Crippen molar-refractivity contribution in [2.45, 2.75) is 38.6 Å². The first-order valence-corrected chi connectivity index (χ1v) is 7.99. The molecule has 1 aliphatic heterocycles. The monoisotopic (exact) mass is 336 g/mol. The van der Waals surface area contributed by atoms with Gasteiger partial charge in [-0.15, -0.1) is 0 Å². The van der Waals surface area contributed by atoms with Crippen LogP contribution < -0.4 is 0 Å². The van der Waals surface area contributed by atoms with Crippen LogP contribution in [0.2, 0.25) is 0 Å². The lowest BCUT2D eigenvalue weighted by Gasteiger charge is -2.34. The molecular weight excluding hydrogens is 316 g/mol. The van der Waals surface area contributed by atoms with Crippen LogP contribution in [-0.2, 0) is 11.2 Å². The maximum atomic E-state index is 11.5. The van der Waals surface area contributed by atoms with Gasteiger partial charge in [0, 0.05) is 23.3 Å². The number of nitrogens with zero attached hydrogens (tertiary/aromatic N) is 1. The third kappa shape index (κ3) is 3.55. The molecule has 108 valence electrons. The van der Waals surface area contributed by atoms with Gasteiger partial charge in [0.05, 0.1) is 6.04 Å². The van der Waals surface area contributed by atoms with Gasteiger partial charge in [-0.05, 0) is 42.5 Å². The molecule has 0 radical (unpaired) electrons. The summed E-state index contributed by atoms with van der Waals surface area (Å²) in [5.41, 5.74) is 3.17. The predicted octanol–water partition coefficient (Wildman–Crippen LogP) is 3.76. The molecule has 20 heavy (non-hydrogen) atoms. The van der Waals surface area contributed by atoms with Crippen LogP contribution in [0.15, 0.2) is 22.7 Å². The van der Waals surface area contributed by atoms with Crippen molar-refractivity contribution in [3.05, 3.63) is 33.8 Å². The summed E-state index contributed by atoms with van der Waals surface area (Å²) in [6, 6.07) is 6.00. The van der Waals surface area contributed by atoms with Crippen LogP contribution in [0.25, 0.3) is 0 Å². The number of benzene rings is 1. The average Bonchev–Trinajstić information content (AvgIpc) is 2.44. The Hall–Kier alpha value is -1.00. The Kier molecular flexibility index (Phi) is 5.49. The van der Waals surface area contributed by atoms with Crippen LogP contribution in [0.1, 0.15) is 43.4 Å². The van der Waals surface area contributed by atoms with Crippen molar-refractivity contribution in [2.75, 3.05) is 13.1 Å². The van der Waals surface area contributed by atoms with E-state index in [4.69, 9.17) is 5.41 Å². The zero-order valence-corrected chi connectivity index (χ0v) is 13.4. The minimum absolute atomic E-state index is 0.152. The molecule has 1 aromatic rings. The summed E-state index contributed by atoms with van der Waals surface area (Å²) in [4.78, 5) is 13.7. The molecule has 1 heterocycles. The first kappa shape index (κ1) is 15.4. The molecule has 0 aliphatic carbocycles. The molecule has 0 amide bonds. The fraction of sp³-hybridized carbons (Fsp3) is 0.500. The molecule has 1 N–H and O–H groups in total. The summed E-state index contributed by atoms with van der Waals surface area (Å²) in [7, 11) is 0. The van der Waals surface area contributed by atoms with Crippen LogP contribution in [0, 0.1) is 5.41 Å². The highest BCUT2D eigenvalue weighted by molar-refractivity contribution is 9.10. The molecular formula is C16H21BrN2O. The van der Waals surface area contributed by atoms with Gasteiger partial charge < -0.3 is 10.2 Å². The van der Waals surface area contributed by atoms with Gasteiger partial charge in [-0.3, -0.25) is 4.90 Å². The Morgan fingerprint density at radius 2 is 2.30 bits per heavy atom. The van der Waals surface area contributed by atoms with Crippen molar-refractivity contribution in [2.24, 2.45) is 0 Å². The topological polar surface area (TPSA) is 44.2 Å². The Morgan fingerprint density at radius 3 is 3.00 bits per heavy atom. The molecule has 0 spiro atoms. The number of hydrogen-bond acceptors (Lipinski definition) is 3. The smallest absolute Gasteiger partial charge is 0.141 e. The summed E-state index contributed by atoms with van der Waals surface area (Å²) < 4.78 is 1.07. The number of aldehydes is 1. The zero-order chi connectivity index (χ0) is 14.5. The van der Waals surface area contributed by atoms with Crippen LogP contribution in [0.4, 0.5) is 0 Å². The minimum Gasteiger partial charge on any atom is -0.310 e. The van der Waals surface area contributed by atoms with Gasteiger partial charge in [-0.2, -0.15) is 0 Å². The summed E-state index contributed by atoms with van der Waals surface area (Å²) >= 11 is 3.48. The van der Waals surface area contributed by atoms with E-state index in [-0.39, 0.29) is 6.04 Å². The third-order valence-corrected chi connectivity index (χ3v) is 4.36. The van der Waals surface area contributed by atoms with E-state index in [0.29, 0.717) is 0 Å². The van der Waals surface area contributed by atoms with Crippen LogP contribution in [0.5, 0.6) is 0 Å². The number of carbonyl (C=O) groups is 1. The Labute approximate surface area is 129 Å². The molecule has 0 saturated heterocycles. The molecule has 1 atom stereocenters. The SMILES string of the molecule is CCCC(=N)CCN1CCc2cc(Br)ccc2C1C=O. The van der Waals surface area contributed by atoms with Crippen molar-refractivity contribution in [1.82, 2.24) is 4.90 Å². The fourth-order valence-corrected chi connectivity index (χ4v) is 3.20. The van der Waals surface area contributed by atoms with Crippen molar-refractivity contribution < 1.29 is 4.79 Å². The Bertz CT molecular complexity index is 501. The van der Waals surface area contributed by atoms with Crippen LogP contribution >= 0.6 is 15.9 Å². The van der Waals surface area contributed by atoms with Crippen molar-refractivity contribution in [3.8, 4) is 0 Å². The normalized spacial score (nSPS) is 18.6. The lowest BCUT2D eigenvalue weighted by atomic mass is 9.93. The van der Waals surface area contributed by atoms with Gasteiger partial charge in [0.2, 0.25) is 0 Å². The largest absolute Gasteiger partial charge is 0.310 e. The number of nitrogens with one attached hydrogen (secondary N) is 1.